The third-order valence-electron chi connectivity index (χ3n) is 6.79. The van der Waals surface area contributed by atoms with Crippen LogP contribution in [0.1, 0.15) is 78.1 Å². The van der Waals surface area contributed by atoms with Crippen molar-refractivity contribution in [3.63, 3.8) is 0 Å². The third-order valence-corrected chi connectivity index (χ3v) is 6.79. The first-order valence-corrected chi connectivity index (χ1v) is 9.40. The summed E-state index contributed by atoms with van der Waals surface area (Å²) >= 11 is 0. The number of allylic oxidation sites excluding steroid dienone is 2. The van der Waals surface area contributed by atoms with Crippen molar-refractivity contribution in [2.24, 2.45) is 35.5 Å². The van der Waals surface area contributed by atoms with Crippen LogP contribution in [0.5, 0.6) is 0 Å². The van der Waals surface area contributed by atoms with Crippen molar-refractivity contribution >= 4 is 0 Å². The summed E-state index contributed by atoms with van der Waals surface area (Å²) in [5, 5.41) is 0. The summed E-state index contributed by atoms with van der Waals surface area (Å²) in [5.74, 6) is 5.99. The minimum atomic E-state index is 0.840. The molecule has 0 heteroatoms. The van der Waals surface area contributed by atoms with Crippen molar-refractivity contribution in [3.05, 3.63) is 12.2 Å². The van der Waals surface area contributed by atoms with Crippen molar-refractivity contribution in [1.82, 2.24) is 0 Å². The van der Waals surface area contributed by atoms with E-state index in [0.717, 1.165) is 35.5 Å². The highest BCUT2D eigenvalue weighted by Gasteiger charge is 2.32. The van der Waals surface area contributed by atoms with E-state index in [1.807, 2.05) is 0 Å². The maximum absolute atomic E-state index is 2.57. The average molecular weight is 274 g/mol. The van der Waals surface area contributed by atoms with Crippen LogP contribution < -0.4 is 0 Å². The van der Waals surface area contributed by atoms with E-state index in [0.29, 0.717) is 0 Å². The molecule has 0 N–H and O–H groups in total. The second-order valence-corrected chi connectivity index (χ2v) is 8.30. The highest BCUT2D eigenvalue weighted by atomic mass is 14.4. The molecule has 2 fully saturated rings. The third kappa shape index (κ3) is 3.49. The predicted molar refractivity (Wildman–Crippen MR) is 87.6 cm³/mol. The Hall–Kier alpha value is -0.260. The van der Waals surface area contributed by atoms with Gasteiger partial charge in [0.15, 0.2) is 0 Å². The van der Waals surface area contributed by atoms with Crippen molar-refractivity contribution < 1.29 is 0 Å². The molecule has 3 aliphatic rings. The molecule has 2 unspecified atom stereocenters. The maximum Gasteiger partial charge on any atom is -0.0205 e. The molecule has 20 heavy (non-hydrogen) atoms. The lowest BCUT2D eigenvalue weighted by Gasteiger charge is -2.39. The first-order valence-electron chi connectivity index (χ1n) is 9.40. The van der Waals surface area contributed by atoms with E-state index in [4.69, 9.17) is 0 Å². The Morgan fingerprint density at radius 2 is 1.10 bits per heavy atom. The summed E-state index contributed by atoms with van der Waals surface area (Å²) in [4.78, 5) is 0. The zero-order valence-electron chi connectivity index (χ0n) is 13.7. The molecule has 0 saturated heterocycles. The molecule has 2 saturated carbocycles. The molecule has 0 spiro atoms. The highest BCUT2D eigenvalue weighted by molar-refractivity contribution is 4.99. The lowest BCUT2D eigenvalue weighted by Crippen LogP contribution is -2.28. The Kier molecular flexibility index (Phi) is 4.89. The summed E-state index contributed by atoms with van der Waals surface area (Å²) < 4.78 is 0. The minimum absolute atomic E-state index is 0.840. The van der Waals surface area contributed by atoms with E-state index >= 15 is 0 Å². The Balaban J connectivity index is 1.46. The van der Waals surface area contributed by atoms with E-state index in [1.165, 1.54) is 51.4 Å². The molecule has 0 aromatic rings. The molecule has 0 aliphatic heterocycles. The highest BCUT2D eigenvalue weighted by Crippen LogP contribution is 2.44. The topological polar surface area (TPSA) is 0 Å². The summed E-state index contributed by atoms with van der Waals surface area (Å²) in [6.07, 6.45) is 20.2. The molecule has 0 aromatic carbocycles. The van der Waals surface area contributed by atoms with Crippen molar-refractivity contribution in [2.75, 3.05) is 0 Å². The van der Waals surface area contributed by atoms with E-state index < -0.39 is 0 Å². The van der Waals surface area contributed by atoms with E-state index in [9.17, 15) is 0 Å². The largest absolute Gasteiger partial charge is 0.0854 e. The van der Waals surface area contributed by atoms with E-state index in [-0.39, 0.29) is 0 Å². The summed E-state index contributed by atoms with van der Waals surface area (Å²) in [7, 11) is 0. The van der Waals surface area contributed by atoms with Crippen LogP contribution in [-0.2, 0) is 0 Å². The molecule has 0 bridgehead atoms. The van der Waals surface area contributed by atoms with Gasteiger partial charge in [-0.1, -0.05) is 38.8 Å². The van der Waals surface area contributed by atoms with Crippen molar-refractivity contribution in [1.29, 1.82) is 0 Å². The zero-order valence-corrected chi connectivity index (χ0v) is 13.7. The lowest BCUT2D eigenvalue weighted by molar-refractivity contribution is 0.132. The number of hydrogen-bond acceptors (Lipinski definition) is 0. The molecular formula is C20H34. The average Bonchev–Trinajstić information content (AvgIpc) is 2.49. The second-order valence-electron chi connectivity index (χ2n) is 8.30. The van der Waals surface area contributed by atoms with Gasteiger partial charge in [0.1, 0.15) is 0 Å². The van der Waals surface area contributed by atoms with Gasteiger partial charge in [-0.05, 0) is 86.9 Å². The summed E-state index contributed by atoms with van der Waals surface area (Å²) in [6.45, 7) is 4.82. The SMILES string of the molecule is CC1C=CC(C2CCC(C3CCC(C)CC3)CC2)CC1. The van der Waals surface area contributed by atoms with Gasteiger partial charge in [-0.3, -0.25) is 0 Å². The molecule has 114 valence electrons. The molecule has 0 radical (unpaired) electrons. The smallest absolute Gasteiger partial charge is 0.0205 e. The van der Waals surface area contributed by atoms with Gasteiger partial charge in [0, 0.05) is 0 Å². The quantitative estimate of drug-likeness (QED) is 0.524. The van der Waals surface area contributed by atoms with Gasteiger partial charge < -0.3 is 0 Å². The van der Waals surface area contributed by atoms with Crippen LogP contribution >= 0.6 is 0 Å². The van der Waals surface area contributed by atoms with Crippen molar-refractivity contribution in [3.8, 4) is 0 Å². The molecule has 3 aliphatic carbocycles. The van der Waals surface area contributed by atoms with Gasteiger partial charge in [0.25, 0.3) is 0 Å². The summed E-state index contributed by atoms with van der Waals surface area (Å²) in [6, 6.07) is 0. The van der Waals surface area contributed by atoms with Gasteiger partial charge >= 0.3 is 0 Å². The van der Waals surface area contributed by atoms with Gasteiger partial charge in [0.05, 0.1) is 0 Å². The second kappa shape index (κ2) is 6.67. The lowest BCUT2D eigenvalue weighted by atomic mass is 9.66. The van der Waals surface area contributed by atoms with Crippen LogP contribution in [0.15, 0.2) is 12.2 Å². The molecule has 0 amide bonds. The molecule has 0 aromatic heterocycles. The van der Waals surface area contributed by atoms with Crippen LogP contribution in [0, 0.1) is 35.5 Å². The van der Waals surface area contributed by atoms with Crippen LogP contribution in [0.2, 0.25) is 0 Å². The fraction of sp³-hybridized carbons (Fsp3) is 0.900. The fourth-order valence-electron chi connectivity index (χ4n) is 5.17. The van der Waals surface area contributed by atoms with E-state index in [2.05, 4.69) is 26.0 Å². The first kappa shape index (κ1) is 14.7. The summed E-state index contributed by atoms with van der Waals surface area (Å²) in [5.41, 5.74) is 0. The zero-order chi connectivity index (χ0) is 13.9. The molecule has 0 heterocycles. The standard InChI is InChI=1S/C20H34/c1-15-3-7-17(8-4-15)19-11-13-20(14-12-19)18-9-5-16(2)6-10-18/h3,7,15-20H,4-6,8-14H2,1-2H3. The maximum atomic E-state index is 2.57. The normalized spacial score (nSPS) is 46.3. The molecular weight excluding hydrogens is 240 g/mol. The predicted octanol–water partition coefficient (Wildman–Crippen LogP) is 6.22. The Bertz CT molecular complexity index is 313. The fourth-order valence-corrected chi connectivity index (χ4v) is 5.17. The number of hydrogen-bond donors (Lipinski definition) is 0. The van der Waals surface area contributed by atoms with E-state index in [1.54, 1.807) is 12.8 Å². The van der Waals surface area contributed by atoms with Crippen molar-refractivity contribution in [2.45, 2.75) is 78.1 Å². The van der Waals surface area contributed by atoms with Crippen LogP contribution in [0.25, 0.3) is 0 Å². The Morgan fingerprint density at radius 3 is 1.65 bits per heavy atom. The Morgan fingerprint density at radius 1 is 0.550 bits per heavy atom. The van der Waals surface area contributed by atoms with Crippen LogP contribution in [0.4, 0.5) is 0 Å². The Labute approximate surface area is 126 Å². The molecule has 3 rings (SSSR count). The van der Waals surface area contributed by atoms with Gasteiger partial charge in [0.2, 0.25) is 0 Å². The van der Waals surface area contributed by atoms with Crippen LogP contribution in [-0.4, -0.2) is 0 Å². The molecule has 2 atom stereocenters. The monoisotopic (exact) mass is 274 g/mol. The van der Waals surface area contributed by atoms with Gasteiger partial charge in [-0.25, -0.2) is 0 Å². The van der Waals surface area contributed by atoms with Crippen LogP contribution in [0.3, 0.4) is 0 Å². The minimum Gasteiger partial charge on any atom is -0.0854 e. The molecule has 0 nitrogen and oxygen atoms in total. The number of rotatable bonds is 2. The van der Waals surface area contributed by atoms with Gasteiger partial charge in [-0.15, -0.1) is 0 Å². The first-order chi connectivity index (χ1) is 9.72. The van der Waals surface area contributed by atoms with Gasteiger partial charge in [-0.2, -0.15) is 0 Å².